The summed E-state index contributed by atoms with van der Waals surface area (Å²) in [7, 11) is -3.66. The number of nitrogens with zero attached hydrogens (tertiary/aromatic N) is 5. The Bertz CT molecular complexity index is 1910. The number of sulfonamides is 1. The van der Waals surface area contributed by atoms with Gasteiger partial charge in [-0.25, -0.2) is 26.6 Å². The van der Waals surface area contributed by atoms with E-state index in [2.05, 4.69) is 20.5 Å². The number of anilines is 1. The van der Waals surface area contributed by atoms with Gasteiger partial charge in [0, 0.05) is 24.3 Å². The van der Waals surface area contributed by atoms with Crippen molar-refractivity contribution >= 4 is 54.4 Å². The summed E-state index contributed by atoms with van der Waals surface area (Å²) >= 11 is 1.88. The number of hydrogen-bond donors (Lipinski definition) is 1. The molecule has 5 aromatic rings. The van der Waals surface area contributed by atoms with E-state index in [1.165, 1.54) is 4.31 Å². The topological polar surface area (TPSA) is 110 Å². The monoisotopic (exact) mass is 630 g/mol. The molecular weight excluding hydrogens is 610 g/mol. The van der Waals surface area contributed by atoms with Crippen LogP contribution >= 0.6 is 23.1 Å². The quantitative estimate of drug-likeness (QED) is 0.179. The van der Waals surface area contributed by atoms with E-state index >= 15 is 0 Å². The molecule has 216 valence electrons. The van der Waals surface area contributed by atoms with Crippen molar-refractivity contribution in [1.29, 1.82) is 0 Å². The number of hydrogen-bond acceptors (Lipinski definition) is 8. The van der Waals surface area contributed by atoms with Crippen molar-refractivity contribution in [3.05, 3.63) is 78.1 Å². The van der Waals surface area contributed by atoms with Gasteiger partial charge in [0.05, 0.1) is 15.3 Å². The lowest BCUT2D eigenvalue weighted by Gasteiger charge is -2.16. The highest BCUT2D eigenvalue weighted by molar-refractivity contribution is 7.99. The molecule has 1 aliphatic rings. The van der Waals surface area contributed by atoms with Crippen molar-refractivity contribution in [3.8, 4) is 17.1 Å². The Labute approximate surface area is 246 Å². The number of thiazole rings is 1. The van der Waals surface area contributed by atoms with Crippen LogP contribution in [0.2, 0.25) is 0 Å². The lowest BCUT2D eigenvalue weighted by atomic mass is 10.2. The van der Waals surface area contributed by atoms with Crippen LogP contribution in [0.25, 0.3) is 27.3 Å². The minimum absolute atomic E-state index is 0.0132. The predicted octanol–water partition coefficient (Wildman–Crippen LogP) is 5.48. The Morgan fingerprint density at radius 1 is 0.976 bits per heavy atom. The third kappa shape index (κ3) is 5.40. The van der Waals surface area contributed by atoms with Gasteiger partial charge in [-0.15, -0.1) is 10.2 Å². The number of aromatic nitrogens is 4. The van der Waals surface area contributed by atoms with E-state index in [1.807, 2.05) is 30.3 Å². The molecule has 42 heavy (non-hydrogen) atoms. The highest BCUT2D eigenvalue weighted by Crippen LogP contribution is 2.32. The molecule has 1 saturated heterocycles. The van der Waals surface area contributed by atoms with E-state index < -0.39 is 33.4 Å². The number of thioether (sulfide) groups is 1. The molecule has 3 aromatic carbocycles. The van der Waals surface area contributed by atoms with E-state index in [4.69, 9.17) is 0 Å². The molecule has 0 spiro atoms. The number of amides is 1. The fraction of sp³-hybridized carbons (Fsp3) is 0.185. The fourth-order valence-electron chi connectivity index (χ4n) is 4.55. The van der Waals surface area contributed by atoms with Crippen molar-refractivity contribution in [3.63, 3.8) is 0 Å². The summed E-state index contributed by atoms with van der Waals surface area (Å²) in [6, 6.07) is 16.5. The number of halogens is 3. The maximum Gasteiger partial charge on any atom is 0.243 e. The Hall–Kier alpha value is -3.79. The number of rotatable bonds is 8. The van der Waals surface area contributed by atoms with Gasteiger partial charge in [0.1, 0.15) is 5.52 Å². The SMILES string of the molecule is O=C(CSc1nnc(-c2cccc(S(=O)(=O)N3CCCC3)c2)n1-c1ccccc1)Nc1nc2c(F)c(F)c(F)cc2s1. The van der Waals surface area contributed by atoms with Crippen molar-refractivity contribution in [2.24, 2.45) is 0 Å². The number of carbonyl (C=O) groups excluding carboxylic acids is 1. The maximum atomic E-state index is 14.1. The first-order valence-electron chi connectivity index (χ1n) is 12.7. The molecule has 1 N–H and O–H groups in total. The zero-order chi connectivity index (χ0) is 29.4. The Balaban J connectivity index is 1.26. The highest BCUT2D eigenvalue weighted by atomic mass is 32.2. The third-order valence-corrected chi connectivity index (χ3v) is 10.3. The summed E-state index contributed by atoms with van der Waals surface area (Å²) < 4.78 is 70.8. The first kappa shape index (κ1) is 28.3. The molecule has 0 radical (unpaired) electrons. The van der Waals surface area contributed by atoms with Crippen LogP contribution in [0.5, 0.6) is 0 Å². The van der Waals surface area contributed by atoms with Crippen LogP contribution in [0.15, 0.2) is 70.7 Å². The number of carbonyl (C=O) groups is 1. The Morgan fingerprint density at radius 2 is 1.74 bits per heavy atom. The molecule has 0 aliphatic carbocycles. The Morgan fingerprint density at radius 3 is 2.50 bits per heavy atom. The fourth-order valence-corrected chi connectivity index (χ4v) is 7.77. The lowest BCUT2D eigenvalue weighted by Crippen LogP contribution is -2.27. The van der Waals surface area contributed by atoms with E-state index in [9.17, 15) is 26.4 Å². The van der Waals surface area contributed by atoms with Crippen molar-refractivity contribution < 1.29 is 26.4 Å². The van der Waals surface area contributed by atoms with Crippen LogP contribution in [0.3, 0.4) is 0 Å². The smallest absolute Gasteiger partial charge is 0.243 e. The zero-order valence-electron chi connectivity index (χ0n) is 21.6. The van der Waals surface area contributed by atoms with Gasteiger partial charge in [0.25, 0.3) is 0 Å². The second-order valence-electron chi connectivity index (χ2n) is 9.31. The molecular formula is C27H21F3N6O3S3. The minimum Gasteiger partial charge on any atom is -0.301 e. The summed E-state index contributed by atoms with van der Waals surface area (Å²) in [5.74, 6) is -4.66. The number of para-hydroxylation sites is 1. The first-order valence-corrected chi connectivity index (χ1v) is 15.9. The van der Waals surface area contributed by atoms with Crippen LogP contribution in [0.1, 0.15) is 12.8 Å². The second kappa shape index (κ2) is 11.5. The average Bonchev–Trinajstić information content (AvgIpc) is 3.76. The molecule has 1 aliphatic heterocycles. The normalized spacial score (nSPS) is 14.1. The summed E-state index contributed by atoms with van der Waals surface area (Å²) in [6.07, 6.45) is 1.64. The van der Waals surface area contributed by atoms with Crippen molar-refractivity contribution in [1.82, 2.24) is 24.1 Å². The maximum absolute atomic E-state index is 14.1. The lowest BCUT2D eigenvalue weighted by molar-refractivity contribution is -0.113. The molecule has 0 unspecified atom stereocenters. The van der Waals surface area contributed by atoms with E-state index in [1.54, 1.807) is 28.8 Å². The van der Waals surface area contributed by atoms with Crippen LogP contribution in [-0.4, -0.2) is 57.2 Å². The molecule has 0 bridgehead atoms. The van der Waals surface area contributed by atoms with Gasteiger partial charge in [0.15, 0.2) is 33.6 Å². The average molecular weight is 631 g/mol. The highest BCUT2D eigenvalue weighted by Gasteiger charge is 2.28. The molecule has 15 heteroatoms. The molecule has 6 rings (SSSR count). The van der Waals surface area contributed by atoms with Crippen LogP contribution in [-0.2, 0) is 14.8 Å². The summed E-state index contributed by atoms with van der Waals surface area (Å²) in [5, 5.41) is 11.5. The second-order valence-corrected chi connectivity index (χ2v) is 13.2. The van der Waals surface area contributed by atoms with E-state index in [-0.39, 0.29) is 26.0 Å². The number of fused-ring (bicyclic) bond motifs is 1. The zero-order valence-corrected chi connectivity index (χ0v) is 24.1. The van der Waals surface area contributed by atoms with Gasteiger partial charge >= 0.3 is 0 Å². The van der Waals surface area contributed by atoms with Crippen molar-refractivity contribution in [2.45, 2.75) is 22.9 Å². The molecule has 1 amide bonds. The minimum atomic E-state index is -3.66. The largest absolute Gasteiger partial charge is 0.301 e. The predicted molar refractivity (Wildman–Crippen MR) is 154 cm³/mol. The van der Waals surface area contributed by atoms with Gasteiger partial charge in [0.2, 0.25) is 15.9 Å². The van der Waals surface area contributed by atoms with Gasteiger partial charge in [-0.3, -0.25) is 9.36 Å². The molecule has 9 nitrogen and oxygen atoms in total. The summed E-state index contributed by atoms with van der Waals surface area (Å²) in [4.78, 5) is 16.8. The first-order chi connectivity index (χ1) is 20.2. The van der Waals surface area contributed by atoms with Crippen molar-refractivity contribution in [2.75, 3.05) is 24.2 Å². The third-order valence-electron chi connectivity index (χ3n) is 6.54. The molecule has 3 heterocycles. The van der Waals surface area contributed by atoms with Gasteiger partial charge < -0.3 is 5.32 Å². The molecule has 0 atom stereocenters. The van der Waals surface area contributed by atoms with Crippen LogP contribution < -0.4 is 5.32 Å². The van der Waals surface area contributed by atoms with Gasteiger partial charge in [-0.1, -0.05) is 53.4 Å². The van der Waals surface area contributed by atoms with E-state index in [0.717, 1.165) is 42.0 Å². The molecule has 2 aromatic heterocycles. The molecule has 0 saturated carbocycles. The van der Waals surface area contributed by atoms with Gasteiger partial charge in [-0.2, -0.15) is 4.31 Å². The van der Waals surface area contributed by atoms with E-state index in [0.29, 0.717) is 35.3 Å². The summed E-state index contributed by atoms with van der Waals surface area (Å²) in [5.41, 5.74) is 0.849. The number of nitrogens with one attached hydrogen (secondary N) is 1. The van der Waals surface area contributed by atoms with Crippen LogP contribution in [0, 0.1) is 17.5 Å². The standard InChI is InChI=1S/C27H21F3N6O3S3/c28-19-14-20-24(23(30)22(19)29)32-26(41-20)31-21(37)15-40-27-34-33-25(36(27)17-8-2-1-3-9-17)16-7-6-10-18(13-16)42(38,39)35-11-4-5-12-35/h1-3,6-10,13-14H,4-5,11-12,15H2,(H,31,32,37). The Kier molecular flexibility index (Phi) is 7.74. The van der Waals surface area contributed by atoms with Crippen LogP contribution in [0.4, 0.5) is 18.3 Å². The van der Waals surface area contributed by atoms with Gasteiger partial charge in [-0.05, 0) is 43.2 Å². The molecule has 1 fully saturated rings. The summed E-state index contributed by atoms with van der Waals surface area (Å²) in [6.45, 7) is 0.963. The number of benzene rings is 3.